The third kappa shape index (κ3) is 5.12. The molecule has 23 heavy (non-hydrogen) atoms. The molecule has 0 spiro atoms. The number of carbonyl (C=O) groups is 1. The monoisotopic (exact) mass is 325 g/mol. The van der Waals surface area contributed by atoms with Gasteiger partial charge in [-0.3, -0.25) is 9.48 Å². The summed E-state index contributed by atoms with van der Waals surface area (Å²) in [7, 11) is 0. The van der Waals surface area contributed by atoms with E-state index in [-0.39, 0.29) is 6.54 Å². The number of benzene rings is 1. The summed E-state index contributed by atoms with van der Waals surface area (Å²) in [5.74, 6) is -0.428. The van der Waals surface area contributed by atoms with E-state index in [0.717, 1.165) is 36.2 Å². The van der Waals surface area contributed by atoms with Crippen LogP contribution in [0.5, 0.6) is 0 Å². The lowest BCUT2D eigenvalue weighted by molar-refractivity contribution is -0.141. The SMILES string of the molecule is CCCCc1ccc(NC(=O)Cn2ccc(C(F)(F)F)n2)cc1. The second-order valence-electron chi connectivity index (χ2n) is 5.24. The zero-order chi connectivity index (χ0) is 16.9. The highest BCUT2D eigenvalue weighted by atomic mass is 19.4. The molecule has 2 aromatic rings. The summed E-state index contributed by atoms with van der Waals surface area (Å²) in [6.07, 6.45) is -0.167. The van der Waals surface area contributed by atoms with Crippen molar-refractivity contribution in [3.8, 4) is 0 Å². The van der Waals surface area contributed by atoms with Gasteiger partial charge in [0.25, 0.3) is 0 Å². The fraction of sp³-hybridized carbons (Fsp3) is 0.375. The molecule has 1 heterocycles. The van der Waals surface area contributed by atoms with Gasteiger partial charge < -0.3 is 5.32 Å². The molecule has 7 heteroatoms. The molecule has 1 amide bonds. The number of nitrogens with one attached hydrogen (secondary N) is 1. The Kier molecular flexibility index (Phi) is 5.41. The van der Waals surface area contributed by atoms with Crippen LogP contribution in [-0.4, -0.2) is 15.7 Å². The zero-order valence-electron chi connectivity index (χ0n) is 12.7. The van der Waals surface area contributed by atoms with Crippen molar-refractivity contribution in [2.45, 2.75) is 38.9 Å². The molecule has 1 N–H and O–H groups in total. The Morgan fingerprint density at radius 2 is 1.91 bits per heavy atom. The number of hydrogen-bond donors (Lipinski definition) is 1. The maximum Gasteiger partial charge on any atom is 0.435 e. The van der Waals surface area contributed by atoms with Crippen LogP contribution in [0.2, 0.25) is 0 Å². The van der Waals surface area contributed by atoms with E-state index in [4.69, 9.17) is 0 Å². The highest BCUT2D eigenvalue weighted by Crippen LogP contribution is 2.27. The second-order valence-corrected chi connectivity index (χ2v) is 5.24. The van der Waals surface area contributed by atoms with Crippen molar-refractivity contribution in [2.24, 2.45) is 0 Å². The molecule has 1 aromatic heterocycles. The Balaban J connectivity index is 1.90. The molecule has 0 atom stereocenters. The van der Waals surface area contributed by atoms with Gasteiger partial charge in [-0.1, -0.05) is 25.5 Å². The molecule has 2 rings (SSSR count). The first-order valence-corrected chi connectivity index (χ1v) is 7.38. The van der Waals surface area contributed by atoms with E-state index in [2.05, 4.69) is 17.3 Å². The predicted octanol–water partition coefficient (Wildman–Crippen LogP) is 3.88. The van der Waals surface area contributed by atoms with Crippen LogP contribution in [0.25, 0.3) is 0 Å². The fourth-order valence-corrected chi connectivity index (χ4v) is 2.08. The molecule has 124 valence electrons. The Morgan fingerprint density at radius 3 is 2.48 bits per heavy atom. The maximum absolute atomic E-state index is 12.4. The number of aryl methyl sites for hydroxylation is 1. The lowest BCUT2D eigenvalue weighted by atomic mass is 10.1. The first kappa shape index (κ1) is 17.1. The molecule has 0 aliphatic heterocycles. The Bertz CT molecular complexity index is 647. The van der Waals surface area contributed by atoms with Gasteiger partial charge in [0.1, 0.15) is 6.54 Å². The van der Waals surface area contributed by atoms with Gasteiger partial charge in [0.15, 0.2) is 5.69 Å². The van der Waals surface area contributed by atoms with Crippen LogP contribution >= 0.6 is 0 Å². The summed E-state index contributed by atoms with van der Waals surface area (Å²) in [6, 6.07) is 8.28. The summed E-state index contributed by atoms with van der Waals surface area (Å²) in [5.41, 5.74) is 0.788. The summed E-state index contributed by atoms with van der Waals surface area (Å²) < 4.78 is 38.3. The molecule has 0 aliphatic rings. The third-order valence-corrected chi connectivity index (χ3v) is 3.29. The highest BCUT2D eigenvalue weighted by molar-refractivity contribution is 5.90. The molecular formula is C16H18F3N3O. The third-order valence-electron chi connectivity index (χ3n) is 3.29. The minimum absolute atomic E-state index is 0.270. The molecule has 4 nitrogen and oxygen atoms in total. The van der Waals surface area contributed by atoms with Gasteiger partial charge in [-0.2, -0.15) is 18.3 Å². The molecule has 0 saturated heterocycles. The number of carbonyl (C=O) groups excluding carboxylic acids is 1. The Morgan fingerprint density at radius 1 is 1.22 bits per heavy atom. The first-order valence-electron chi connectivity index (χ1n) is 7.38. The van der Waals surface area contributed by atoms with E-state index in [9.17, 15) is 18.0 Å². The average Bonchev–Trinajstić information content (AvgIpc) is 2.95. The van der Waals surface area contributed by atoms with Crippen molar-refractivity contribution in [3.05, 3.63) is 47.8 Å². The average molecular weight is 325 g/mol. The van der Waals surface area contributed by atoms with Crippen LogP contribution in [0.15, 0.2) is 36.5 Å². The normalized spacial score (nSPS) is 11.5. The van der Waals surface area contributed by atoms with Crippen LogP contribution in [0, 0.1) is 0 Å². The Labute approximate surface area is 132 Å². The molecule has 0 fully saturated rings. The first-order chi connectivity index (χ1) is 10.9. The topological polar surface area (TPSA) is 46.9 Å². The van der Waals surface area contributed by atoms with Crippen LogP contribution in [-0.2, 0) is 23.9 Å². The van der Waals surface area contributed by atoms with E-state index in [1.807, 2.05) is 12.1 Å². The fourth-order valence-electron chi connectivity index (χ4n) is 2.08. The summed E-state index contributed by atoms with van der Waals surface area (Å²) in [4.78, 5) is 11.8. The van der Waals surface area contributed by atoms with Crippen LogP contribution < -0.4 is 5.32 Å². The Hall–Kier alpha value is -2.31. The summed E-state index contributed by atoms with van der Waals surface area (Å²) in [5, 5.41) is 5.98. The molecule has 0 saturated carbocycles. The maximum atomic E-state index is 12.4. The van der Waals surface area contributed by atoms with Gasteiger partial charge in [0.2, 0.25) is 5.91 Å². The van der Waals surface area contributed by atoms with Gasteiger partial charge in [0.05, 0.1) is 0 Å². The van der Waals surface area contributed by atoms with Gasteiger partial charge in [-0.05, 0) is 36.6 Å². The number of aromatic nitrogens is 2. The van der Waals surface area contributed by atoms with Crippen molar-refractivity contribution >= 4 is 11.6 Å². The van der Waals surface area contributed by atoms with Gasteiger partial charge >= 0.3 is 6.18 Å². The van der Waals surface area contributed by atoms with E-state index >= 15 is 0 Å². The second kappa shape index (κ2) is 7.30. The van der Waals surface area contributed by atoms with E-state index in [1.54, 1.807) is 12.1 Å². The van der Waals surface area contributed by atoms with Crippen molar-refractivity contribution in [3.63, 3.8) is 0 Å². The minimum Gasteiger partial charge on any atom is -0.324 e. The number of rotatable bonds is 6. The number of hydrogen-bond acceptors (Lipinski definition) is 2. The number of halogens is 3. The van der Waals surface area contributed by atoms with Crippen LogP contribution in [0.4, 0.5) is 18.9 Å². The summed E-state index contributed by atoms with van der Waals surface area (Å²) in [6.45, 7) is 1.85. The van der Waals surface area contributed by atoms with E-state index < -0.39 is 17.8 Å². The number of anilines is 1. The van der Waals surface area contributed by atoms with Gasteiger partial charge in [0, 0.05) is 11.9 Å². The quantitative estimate of drug-likeness (QED) is 0.876. The minimum atomic E-state index is -4.50. The molecular weight excluding hydrogens is 307 g/mol. The number of amides is 1. The predicted molar refractivity (Wildman–Crippen MR) is 80.9 cm³/mol. The van der Waals surface area contributed by atoms with E-state index in [0.29, 0.717) is 5.69 Å². The smallest absolute Gasteiger partial charge is 0.324 e. The molecule has 0 radical (unpaired) electrons. The number of nitrogens with zero attached hydrogens (tertiary/aromatic N) is 2. The van der Waals surface area contributed by atoms with Crippen molar-refractivity contribution < 1.29 is 18.0 Å². The lowest BCUT2D eigenvalue weighted by Crippen LogP contribution is -2.19. The van der Waals surface area contributed by atoms with Crippen LogP contribution in [0.3, 0.4) is 0 Å². The van der Waals surface area contributed by atoms with Gasteiger partial charge in [-0.15, -0.1) is 0 Å². The number of unbranched alkanes of at least 4 members (excludes halogenated alkanes) is 1. The number of alkyl halides is 3. The molecule has 0 unspecified atom stereocenters. The van der Waals surface area contributed by atoms with Crippen molar-refractivity contribution in [2.75, 3.05) is 5.32 Å². The molecule has 0 bridgehead atoms. The van der Waals surface area contributed by atoms with Crippen molar-refractivity contribution in [1.82, 2.24) is 9.78 Å². The van der Waals surface area contributed by atoms with Crippen LogP contribution in [0.1, 0.15) is 31.0 Å². The lowest BCUT2D eigenvalue weighted by Gasteiger charge is -2.07. The summed E-state index contributed by atoms with van der Waals surface area (Å²) >= 11 is 0. The highest BCUT2D eigenvalue weighted by Gasteiger charge is 2.33. The molecule has 0 aliphatic carbocycles. The van der Waals surface area contributed by atoms with E-state index in [1.165, 1.54) is 5.56 Å². The largest absolute Gasteiger partial charge is 0.435 e. The standard InChI is InChI=1S/C16H18F3N3O/c1-2-3-4-12-5-7-13(8-6-12)20-15(23)11-22-10-9-14(21-22)16(17,18)19/h5-10H,2-4,11H2,1H3,(H,20,23). The van der Waals surface area contributed by atoms with Crippen molar-refractivity contribution in [1.29, 1.82) is 0 Å². The van der Waals surface area contributed by atoms with Gasteiger partial charge in [-0.25, -0.2) is 0 Å². The molecule has 1 aromatic carbocycles. The zero-order valence-corrected chi connectivity index (χ0v) is 12.7.